The standard InChI is InChI=1S/2C5H6N2.2C4H6N2.2C4H5NS.2C3H5N3/c1-5-2-3-6-4-7-5;1-5-6-3-2-4-7-5;1-6-3-2-5-4-6;1-6-4-2-3-5-6;1-4-2-5-3-6-4;1-4-5-2-3-6-4;1-6-3-4-2-5-6;1-6-4-2-3-5-6/h2*2-4H,1H3;2*2-4H,1H3;4*2-3H,1H3. The van der Waals surface area contributed by atoms with Crippen LogP contribution >= 0.6 is 22.7 Å². The van der Waals surface area contributed by atoms with Gasteiger partial charge in [-0.15, -0.1) is 22.7 Å². The highest BCUT2D eigenvalue weighted by atomic mass is 32.1. The highest BCUT2D eigenvalue weighted by molar-refractivity contribution is 7.09. The normalized spacial score (nSPS) is 8.80. The minimum Gasteiger partial charge on any atom is -0.341 e. The summed E-state index contributed by atoms with van der Waals surface area (Å²) in [5.74, 6) is 0.822. The maximum absolute atomic E-state index is 3.94. The molecule has 264 valence electrons. The van der Waals surface area contributed by atoms with Gasteiger partial charge in [0.05, 0.1) is 29.2 Å². The molecule has 8 aromatic rings. The molecule has 8 rings (SSSR count). The summed E-state index contributed by atoms with van der Waals surface area (Å²) in [6.07, 6.45) is 25.8. The zero-order valence-corrected chi connectivity index (χ0v) is 31.2. The first kappa shape index (κ1) is 42.1. The Balaban J connectivity index is 0.000000286. The monoisotopic (exact) mass is 716 g/mol. The van der Waals surface area contributed by atoms with Crippen molar-refractivity contribution in [3.63, 3.8) is 0 Å². The van der Waals surface area contributed by atoms with E-state index in [1.54, 1.807) is 107 Å². The predicted octanol–water partition coefficient (Wildman–Crippen LogP) is 4.94. The summed E-state index contributed by atoms with van der Waals surface area (Å²) in [5, 5.41) is 18.1. The number of aryl methyl sites for hydroxylation is 8. The van der Waals surface area contributed by atoms with E-state index in [1.165, 1.54) is 22.3 Å². The number of aromatic nitrogens is 16. The van der Waals surface area contributed by atoms with Crippen molar-refractivity contribution >= 4 is 22.7 Å². The molecule has 0 aliphatic carbocycles. The average Bonchev–Trinajstić information content (AvgIpc) is 3.96. The predicted molar refractivity (Wildman–Crippen MR) is 196 cm³/mol. The average molecular weight is 717 g/mol. The number of thiazole rings is 2. The van der Waals surface area contributed by atoms with E-state index in [1.807, 2.05) is 95.0 Å². The van der Waals surface area contributed by atoms with Crippen molar-refractivity contribution in [1.29, 1.82) is 0 Å². The Morgan fingerprint density at radius 2 is 1.32 bits per heavy atom. The topological polar surface area (TPSA) is 174 Å². The molecule has 0 radical (unpaired) electrons. The summed E-state index contributed by atoms with van der Waals surface area (Å²) in [5.41, 5.74) is 2.84. The van der Waals surface area contributed by atoms with Crippen LogP contribution in [0.4, 0.5) is 0 Å². The Morgan fingerprint density at radius 1 is 0.560 bits per heavy atom. The second-order valence-electron chi connectivity index (χ2n) is 9.31. The second-order valence-corrected chi connectivity index (χ2v) is 11.5. The summed E-state index contributed by atoms with van der Waals surface area (Å²) >= 11 is 3.33. The van der Waals surface area contributed by atoms with Gasteiger partial charge in [-0.1, -0.05) is 0 Å². The van der Waals surface area contributed by atoms with Crippen molar-refractivity contribution in [3.05, 3.63) is 144 Å². The van der Waals surface area contributed by atoms with Gasteiger partial charge >= 0.3 is 0 Å². The molecule has 0 N–H and O–H groups in total. The van der Waals surface area contributed by atoms with E-state index in [2.05, 4.69) is 60.3 Å². The number of nitrogens with zero attached hydrogens (tertiary/aromatic N) is 16. The van der Waals surface area contributed by atoms with Crippen molar-refractivity contribution in [2.24, 2.45) is 28.2 Å². The number of hydrogen-bond acceptors (Lipinski definition) is 14. The van der Waals surface area contributed by atoms with Crippen LogP contribution in [0.2, 0.25) is 0 Å². The molecular formula is C32H44N16S2. The van der Waals surface area contributed by atoms with E-state index in [0.717, 1.165) is 16.5 Å². The van der Waals surface area contributed by atoms with E-state index in [0.29, 0.717) is 0 Å². The summed E-state index contributed by atoms with van der Waals surface area (Å²) in [7, 11) is 7.43. The molecule has 8 heterocycles. The fourth-order valence-electron chi connectivity index (χ4n) is 2.53. The van der Waals surface area contributed by atoms with Gasteiger partial charge in [0.1, 0.15) is 24.8 Å². The number of rotatable bonds is 0. The Kier molecular flexibility index (Phi) is 23.7. The van der Waals surface area contributed by atoms with Gasteiger partial charge in [-0.05, 0) is 45.9 Å². The van der Waals surface area contributed by atoms with E-state index in [-0.39, 0.29) is 0 Å². The highest BCUT2D eigenvalue weighted by Crippen LogP contribution is 2.00. The van der Waals surface area contributed by atoms with E-state index >= 15 is 0 Å². The Bertz CT molecular complexity index is 1450. The van der Waals surface area contributed by atoms with E-state index in [9.17, 15) is 0 Å². The van der Waals surface area contributed by atoms with Crippen molar-refractivity contribution < 1.29 is 0 Å². The Morgan fingerprint density at radius 3 is 1.52 bits per heavy atom. The maximum atomic E-state index is 3.94. The molecule has 0 saturated carbocycles. The molecular weight excluding hydrogens is 673 g/mol. The lowest BCUT2D eigenvalue weighted by molar-refractivity contribution is 0.654. The molecule has 0 aliphatic heterocycles. The lowest BCUT2D eigenvalue weighted by atomic mass is 10.5. The van der Waals surface area contributed by atoms with Crippen molar-refractivity contribution in [2.75, 3.05) is 0 Å². The molecule has 0 amide bonds. The summed E-state index contributed by atoms with van der Waals surface area (Å²) in [6, 6.07) is 5.55. The van der Waals surface area contributed by atoms with Crippen LogP contribution in [0.3, 0.4) is 0 Å². The first-order valence-electron chi connectivity index (χ1n) is 14.8. The first-order valence-corrected chi connectivity index (χ1v) is 16.5. The molecule has 0 fully saturated rings. The molecule has 0 spiro atoms. The Hall–Kier alpha value is -5.88. The molecule has 16 nitrogen and oxygen atoms in total. The number of hydrogen-bond donors (Lipinski definition) is 0. The van der Waals surface area contributed by atoms with Gasteiger partial charge in [-0.2, -0.15) is 25.2 Å². The van der Waals surface area contributed by atoms with Crippen LogP contribution in [-0.2, 0) is 28.2 Å². The zero-order valence-electron chi connectivity index (χ0n) is 29.5. The maximum Gasteiger partial charge on any atom is 0.137 e. The third kappa shape index (κ3) is 26.2. The summed E-state index contributed by atoms with van der Waals surface area (Å²) < 4.78 is 5.28. The SMILES string of the molecule is Cc1ccncn1.Cc1cncs1.Cc1ncccn1.Cc1nccs1.Cn1cccn1.Cn1ccnc1.Cn1cncn1.Cn1nccn1. The molecule has 0 aromatic carbocycles. The van der Waals surface area contributed by atoms with Gasteiger partial charge in [-0.3, -0.25) is 19.3 Å². The molecule has 0 aliphatic rings. The van der Waals surface area contributed by atoms with Crippen LogP contribution in [-0.4, -0.2) is 79.0 Å². The van der Waals surface area contributed by atoms with Crippen LogP contribution in [0.5, 0.6) is 0 Å². The molecule has 8 aromatic heterocycles. The van der Waals surface area contributed by atoms with Crippen LogP contribution in [0.25, 0.3) is 0 Å². The highest BCUT2D eigenvalue weighted by Gasteiger charge is 1.78. The van der Waals surface area contributed by atoms with Gasteiger partial charge in [0.25, 0.3) is 0 Å². The molecule has 0 saturated heterocycles. The molecule has 0 unspecified atom stereocenters. The number of imidazole rings is 1. The lowest BCUT2D eigenvalue weighted by Gasteiger charge is -1.81. The van der Waals surface area contributed by atoms with Crippen LogP contribution in [0, 0.1) is 27.7 Å². The van der Waals surface area contributed by atoms with Crippen LogP contribution in [0.1, 0.15) is 21.4 Å². The largest absolute Gasteiger partial charge is 0.341 e. The lowest BCUT2D eigenvalue weighted by Crippen LogP contribution is -1.89. The van der Waals surface area contributed by atoms with Crippen molar-refractivity contribution in [2.45, 2.75) is 27.7 Å². The molecule has 50 heavy (non-hydrogen) atoms. The minimum absolute atomic E-state index is 0.822. The van der Waals surface area contributed by atoms with Crippen molar-refractivity contribution in [3.8, 4) is 0 Å². The smallest absolute Gasteiger partial charge is 0.137 e. The molecule has 18 heteroatoms. The fraction of sp³-hybridized carbons (Fsp3) is 0.250. The van der Waals surface area contributed by atoms with Crippen molar-refractivity contribution in [1.82, 2.24) is 79.0 Å². The van der Waals surface area contributed by atoms with Gasteiger partial charge in [0.15, 0.2) is 0 Å². The quantitative estimate of drug-likeness (QED) is 0.207. The summed E-state index contributed by atoms with van der Waals surface area (Å²) in [4.78, 5) is 33.3. The van der Waals surface area contributed by atoms with Crippen LogP contribution < -0.4 is 0 Å². The fourth-order valence-corrected chi connectivity index (χ4v) is 3.38. The first-order chi connectivity index (χ1) is 24.2. The van der Waals surface area contributed by atoms with Gasteiger partial charge in [0.2, 0.25) is 0 Å². The van der Waals surface area contributed by atoms with Crippen LogP contribution in [0.15, 0.2) is 123 Å². The van der Waals surface area contributed by atoms with Gasteiger partial charge < -0.3 is 4.57 Å². The minimum atomic E-state index is 0.822. The Labute approximate surface area is 300 Å². The zero-order chi connectivity index (χ0) is 36.7. The summed E-state index contributed by atoms with van der Waals surface area (Å²) in [6.45, 7) is 7.82. The third-order valence-electron chi connectivity index (χ3n) is 4.88. The molecule has 0 bridgehead atoms. The second kappa shape index (κ2) is 28.2. The van der Waals surface area contributed by atoms with Gasteiger partial charge in [0, 0.05) is 99.9 Å². The third-order valence-corrected chi connectivity index (χ3v) is 6.29. The van der Waals surface area contributed by atoms with Gasteiger partial charge in [-0.25, -0.2) is 29.9 Å². The molecule has 0 atom stereocenters. The van der Waals surface area contributed by atoms with E-state index < -0.39 is 0 Å². The van der Waals surface area contributed by atoms with E-state index in [4.69, 9.17) is 0 Å².